The zero-order chi connectivity index (χ0) is 20.6. The van der Waals surface area contributed by atoms with Gasteiger partial charge in [0.1, 0.15) is 0 Å². The van der Waals surface area contributed by atoms with Crippen LogP contribution in [0.3, 0.4) is 0 Å². The summed E-state index contributed by atoms with van der Waals surface area (Å²) in [5.74, 6) is 0.474. The molecule has 0 fully saturated rings. The highest BCUT2D eigenvalue weighted by atomic mass is 14.7. The van der Waals surface area contributed by atoms with E-state index < -0.39 is 0 Å². The molecule has 1 unspecified atom stereocenters. The number of pyridine rings is 1. The van der Waals surface area contributed by atoms with Crippen LogP contribution in [0.2, 0.25) is 0 Å². The van der Waals surface area contributed by atoms with Crippen LogP contribution in [0, 0.1) is 0 Å². The van der Waals surface area contributed by atoms with Crippen molar-refractivity contribution in [3.05, 3.63) is 125 Å². The van der Waals surface area contributed by atoms with Crippen molar-refractivity contribution < 1.29 is 0 Å². The van der Waals surface area contributed by atoms with Gasteiger partial charge >= 0.3 is 0 Å². The molecule has 0 bridgehead atoms. The third-order valence-electron chi connectivity index (χ3n) is 6.89. The second-order valence-corrected chi connectivity index (χ2v) is 8.73. The van der Waals surface area contributed by atoms with Gasteiger partial charge in [0.05, 0.1) is 5.69 Å². The fourth-order valence-electron chi connectivity index (χ4n) is 5.41. The minimum Gasteiger partial charge on any atom is -0.257 e. The molecular formula is C30H25N. The van der Waals surface area contributed by atoms with E-state index in [0.29, 0.717) is 5.92 Å². The van der Waals surface area contributed by atoms with Gasteiger partial charge in [-0.3, -0.25) is 4.98 Å². The van der Waals surface area contributed by atoms with Crippen molar-refractivity contribution >= 4 is 11.6 Å². The van der Waals surface area contributed by atoms with E-state index in [9.17, 15) is 0 Å². The van der Waals surface area contributed by atoms with Gasteiger partial charge in [0.2, 0.25) is 0 Å². The summed E-state index contributed by atoms with van der Waals surface area (Å²) in [6.45, 7) is 0. The Morgan fingerprint density at radius 3 is 2.45 bits per heavy atom. The first kappa shape index (κ1) is 18.3. The highest BCUT2D eigenvalue weighted by molar-refractivity contribution is 5.88. The fourth-order valence-corrected chi connectivity index (χ4v) is 5.41. The molecule has 0 N–H and O–H groups in total. The van der Waals surface area contributed by atoms with Crippen LogP contribution < -0.4 is 0 Å². The molecule has 1 nitrogen and oxygen atoms in total. The highest BCUT2D eigenvalue weighted by Crippen LogP contribution is 2.45. The zero-order valence-electron chi connectivity index (χ0n) is 17.6. The lowest BCUT2D eigenvalue weighted by atomic mass is 9.73. The van der Waals surface area contributed by atoms with Gasteiger partial charge < -0.3 is 0 Å². The average molecular weight is 400 g/mol. The normalized spacial score (nSPS) is 16.6. The average Bonchev–Trinajstić information content (AvgIpc) is 2.84. The molecule has 2 aliphatic carbocycles. The molecule has 0 amide bonds. The monoisotopic (exact) mass is 399 g/mol. The van der Waals surface area contributed by atoms with Gasteiger partial charge in [-0.15, -0.1) is 0 Å². The van der Waals surface area contributed by atoms with Crippen LogP contribution in [-0.4, -0.2) is 4.98 Å². The van der Waals surface area contributed by atoms with Crippen molar-refractivity contribution in [2.24, 2.45) is 0 Å². The molecule has 150 valence electrons. The Kier molecular flexibility index (Phi) is 4.53. The molecule has 0 aliphatic heterocycles. The van der Waals surface area contributed by atoms with E-state index in [2.05, 4.69) is 84.9 Å². The lowest BCUT2D eigenvalue weighted by Crippen LogP contribution is -2.15. The predicted molar refractivity (Wildman–Crippen MR) is 129 cm³/mol. The van der Waals surface area contributed by atoms with E-state index >= 15 is 0 Å². The van der Waals surface area contributed by atoms with Crippen molar-refractivity contribution in [3.8, 4) is 11.1 Å². The number of hydrogen-bond acceptors (Lipinski definition) is 1. The van der Waals surface area contributed by atoms with Crippen molar-refractivity contribution in [3.63, 3.8) is 0 Å². The van der Waals surface area contributed by atoms with Crippen molar-refractivity contribution in [2.45, 2.75) is 31.6 Å². The van der Waals surface area contributed by atoms with Crippen molar-refractivity contribution in [1.82, 2.24) is 4.98 Å². The Bertz CT molecular complexity index is 1270. The fraction of sp³-hybridized carbons (Fsp3) is 0.167. The zero-order valence-corrected chi connectivity index (χ0v) is 17.6. The van der Waals surface area contributed by atoms with Gasteiger partial charge in [-0.2, -0.15) is 0 Å². The van der Waals surface area contributed by atoms with Crippen LogP contribution in [0.5, 0.6) is 0 Å². The third kappa shape index (κ3) is 3.31. The van der Waals surface area contributed by atoms with Crippen LogP contribution in [0.1, 0.15) is 45.8 Å². The maximum Gasteiger partial charge on any atom is 0.0662 e. The summed E-state index contributed by atoms with van der Waals surface area (Å²) < 4.78 is 0. The Morgan fingerprint density at radius 1 is 0.742 bits per heavy atom. The quantitative estimate of drug-likeness (QED) is 0.357. The van der Waals surface area contributed by atoms with E-state index in [1.165, 1.54) is 44.5 Å². The molecule has 0 spiro atoms. The molecule has 0 radical (unpaired) electrons. The summed E-state index contributed by atoms with van der Waals surface area (Å²) in [7, 11) is 0. The van der Waals surface area contributed by atoms with Gasteiger partial charge in [0.25, 0.3) is 0 Å². The Morgan fingerprint density at radius 2 is 1.58 bits per heavy atom. The van der Waals surface area contributed by atoms with Gasteiger partial charge in [-0.05, 0) is 94.3 Å². The van der Waals surface area contributed by atoms with Crippen LogP contribution in [-0.2, 0) is 19.3 Å². The lowest BCUT2D eigenvalue weighted by Gasteiger charge is -2.31. The molecular weight excluding hydrogens is 374 g/mol. The predicted octanol–water partition coefficient (Wildman–Crippen LogP) is 7.12. The first-order valence-corrected chi connectivity index (χ1v) is 11.3. The van der Waals surface area contributed by atoms with Gasteiger partial charge in [0.15, 0.2) is 0 Å². The highest BCUT2D eigenvalue weighted by Gasteiger charge is 2.27. The number of benzene rings is 3. The number of allylic oxidation sites excluding steroid dienone is 1. The number of aryl methyl sites for hydroxylation is 1. The summed E-state index contributed by atoms with van der Waals surface area (Å²) in [4.78, 5) is 4.70. The van der Waals surface area contributed by atoms with E-state index in [-0.39, 0.29) is 0 Å². The second kappa shape index (κ2) is 7.67. The maximum absolute atomic E-state index is 4.70. The molecule has 6 rings (SSSR count). The topological polar surface area (TPSA) is 12.9 Å². The molecule has 0 saturated carbocycles. The number of hydrogen-bond donors (Lipinski definition) is 0. The molecule has 1 aromatic heterocycles. The smallest absolute Gasteiger partial charge is 0.0662 e. The SMILES string of the molecule is C1=C(c2ccccn2)CC(Cc2ccccc2)c2ccc3c(c21)CCc1ccccc1-3. The van der Waals surface area contributed by atoms with Crippen molar-refractivity contribution in [1.29, 1.82) is 0 Å². The standard InChI is InChI=1S/C30H25N/c1-2-8-21(9-3-1)18-23-19-24(30-12-6-7-17-31-30)20-29-26(23)15-16-27-25-11-5-4-10-22(25)13-14-28(27)29/h1-12,15-17,20,23H,13-14,18-19H2. The number of fused-ring (bicyclic) bond motifs is 5. The van der Waals surface area contributed by atoms with Gasteiger partial charge in [-0.25, -0.2) is 0 Å². The third-order valence-corrected chi connectivity index (χ3v) is 6.89. The minimum atomic E-state index is 0.474. The molecule has 0 saturated heterocycles. The molecule has 2 aliphatic rings. The molecule has 1 atom stereocenters. The van der Waals surface area contributed by atoms with E-state index in [4.69, 9.17) is 4.98 Å². The molecule has 31 heavy (non-hydrogen) atoms. The van der Waals surface area contributed by atoms with Crippen molar-refractivity contribution in [2.75, 3.05) is 0 Å². The second-order valence-electron chi connectivity index (χ2n) is 8.73. The molecule has 3 aromatic carbocycles. The summed E-state index contributed by atoms with van der Waals surface area (Å²) in [5, 5.41) is 0. The summed E-state index contributed by atoms with van der Waals surface area (Å²) in [6.07, 6.45) is 8.68. The van der Waals surface area contributed by atoms with Crippen LogP contribution in [0.4, 0.5) is 0 Å². The summed E-state index contributed by atoms with van der Waals surface area (Å²) in [5.41, 5.74) is 12.6. The first-order valence-electron chi connectivity index (χ1n) is 11.3. The Labute approximate surface area is 184 Å². The van der Waals surface area contributed by atoms with Crippen LogP contribution in [0.15, 0.2) is 91.1 Å². The number of rotatable bonds is 3. The number of aromatic nitrogens is 1. The first-order chi connectivity index (χ1) is 15.4. The summed E-state index contributed by atoms with van der Waals surface area (Å²) in [6, 6.07) is 30.8. The lowest BCUT2D eigenvalue weighted by molar-refractivity contribution is 0.694. The van der Waals surface area contributed by atoms with Gasteiger partial charge in [-0.1, -0.05) is 72.8 Å². The van der Waals surface area contributed by atoms with Crippen LogP contribution in [0.25, 0.3) is 22.8 Å². The maximum atomic E-state index is 4.70. The van der Waals surface area contributed by atoms with Gasteiger partial charge in [0, 0.05) is 6.20 Å². The molecule has 1 heteroatoms. The van der Waals surface area contributed by atoms with E-state index in [0.717, 1.165) is 31.4 Å². The largest absolute Gasteiger partial charge is 0.257 e. The molecule has 1 heterocycles. The molecule has 4 aromatic rings. The Balaban J connectivity index is 1.51. The Hall–Kier alpha value is -3.45. The summed E-state index contributed by atoms with van der Waals surface area (Å²) >= 11 is 0. The minimum absolute atomic E-state index is 0.474. The van der Waals surface area contributed by atoms with E-state index in [1.807, 2.05) is 12.3 Å². The van der Waals surface area contributed by atoms with E-state index in [1.54, 1.807) is 0 Å². The van der Waals surface area contributed by atoms with Crippen LogP contribution >= 0.6 is 0 Å². The number of nitrogens with zero attached hydrogens (tertiary/aromatic N) is 1.